The minimum Gasteiger partial charge on any atom is -0.475 e. The van der Waals surface area contributed by atoms with Crippen LogP contribution in [-0.4, -0.2) is 35.4 Å². The van der Waals surface area contributed by atoms with Gasteiger partial charge in [0.05, 0.1) is 0 Å². The van der Waals surface area contributed by atoms with Crippen molar-refractivity contribution in [3.8, 4) is 17.0 Å². The number of pyridine rings is 1. The van der Waals surface area contributed by atoms with Crippen LogP contribution in [0.3, 0.4) is 0 Å². The second-order valence-electron chi connectivity index (χ2n) is 5.28. The molecule has 21 heavy (non-hydrogen) atoms. The fraction of sp³-hybridized carbons (Fsp3) is 0.353. The Labute approximate surface area is 125 Å². The number of aromatic nitrogens is 1. The molecule has 0 aliphatic rings. The standard InChI is InChI=1S/C17H22N2O2/c1-13(2)19-11-16(20)12-21-17-10-15(8-9-18-17)14-6-4-3-5-7-14/h3-10,13,16,19-20H,11-12H2,1-2H3. The molecule has 0 bridgehead atoms. The number of nitrogens with one attached hydrogen (secondary N) is 1. The van der Waals surface area contributed by atoms with Gasteiger partial charge in [-0.1, -0.05) is 44.2 Å². The second kappa shape index (κ2) is 7.76. The Morgan fingerprint density at radius 3 is 2.62 bits per heavy atom. The highest BCUT2D eigenvalue weighted by Crippen LogP contribution is 2.21. The molecule has 0 saturated carbocycles. The van der Waals surface area contributed by atoms with E-state index < -0.39 is 6.10 Å². The molecule has 0 amide bonds. The molecular weight excluding hydrogens is 264 g/mol. The maximum Gasteiger partial charge on any atom is 0.213 e. The molecule has 4 heteroatoms. The number of nitrogens with zero attached hydrogens (tertiary/aromatic N) is 1. The van der Waals surface area contributed by atoms with E-state index in [0.717, 1.165) is 11.1 Å². The monoisotopic (exact) mass is 286 g/mol. The summed E-state index contributed by atoms with van der Waals surface area (Å²) < 4.78 is 5.56. The highest BCUT2D eigenvalue weighted by molar-refractivity contribution is 5.63. The van der Waals surface area contributed by atoms with E-state index in [9.17, 15) is 5.11 Å². The van der Waals surface area contributed by atoms with Gasteiger partial charge < -0.3 is 15.2 Å². The molecule has 1 atom stereocenters. The normalized spacial score (nSPS) is 12.4. The lowest BCUT2D eigenvalue weighted by molar-refractivity contribution is 0.102. The number of ether oxygens (including phenoxy) is 1. The van der Waals surface area contributed by atoms with Crippen molar-refractivity contribution in [2.45, 2.75) is 26.0 Å². The molecule has 0 aliphatic heterocycles. The largest absolute Gasteiger partial charge is 0.475 e. The Bertz CT molecular complexity index is 543. The van der Waals surface area contributed by atoms with Gasteiger partial charge >= 0.3 is 0 Å². The number of rotatable bonds is 7. The second-order valence-corrected chi connectivity index (χ2v) is 5.28. The summed E-state index contributed by atoms with van der Waals surface area (Å²) in [6.45, 7) is 4.82. The van der Waals surface area contributed by atoms with Gasteiger partial charge in [0, 0.05) is 24.8 Å². The molecule has 2 aromatic rings. The first-order valence-electron chi connectivity index (χ1n) is 7.21. The fourth-order valence-corrected chi connectivity index (χ4v) is 1.91. The third-order valence-electron chi connectivity index (χ3n) is 3.03. The van der Waals surface area contributed by atoms with Crippen molar-refractivity contribution in [2.24, 2.45) is 0 Å². The molecule has 1 aromatic carbocycles. The van der Waals surface area contributed by atoms with Crippen LogP contribution in [-0.2, 0) is 0 Å². The summed E-state index contributed by atoms with van der Waals surface area (Å²) in [4.78, 5) is 4.18. The fourth-order valence-electron chi connectivity index (χ4n) is 1.91. The van der Waals surface area contributed by atoms with Crippen LogP contribution in [0.25, 0.3) is 11.1 Å². The van der Waals surface area contributed by atoms with Gasteiger partial charge in [-0.2, -0.15) is 0 Å². The summed E-state index contributed by atoms with van der Waals surface area (Å²) in [5, 5.41) is 13.0. The van der Waals surface area contributed by atoms with Crippen molar-refractivity contribution in [3.63, 3.8) is 0 Å². The predicted molar refractivity (Wildman–Crippen MR) is 84.3 cm³/mol. The Balaban J connectivity index is 1.93. The van der Waals surface area contributed by atoms with E-state index in [-0.39, 0.29) is 6.61 Å². The van der Waals surface area contributed by atoms with Crippen LogP contribution in [0.4, 0.5) is 0 Å². The van der Waals surface area contributed by atoms with Gasteiger partial charge in [-0.15, -0.1) is 0 Å². The van der Waals surface area contributed by atoms with Crippen molar-refractivity contribution in [3.05, 3.63) is 48.7 Å². The van der Waals surface area contributed by atoms with Gasteiger partial charge in [0.15, 0.2) is 0 Å². The van der Waals surface area contributed by atoms with Gasteiger partial charge in [-0.05, 0) is 17.2 Å². The van der Waals surface area contributed by atoms with E-state index in [4.69, 9.17) is 4.74 Å². The van der Waals surface area contributed by atoms with Crippen molar-refractivity contribution in [2.75, 3.05) is 13.2 Å². The molecule has 1 heterocycles. The van der Waals surface area contributed by atoms with Crippen molar-refractivity contribution in [1.82, 2.24) is 10.3 Å². The summed E-state index contributed by atoms with van der Waals surface area (Å²) >= 11 is 0. The lowest BCUT2D eigenvalue weighted by atomic mass is 10.1. The zero-order valence-corrected chi connectivity index (χ0v) is 12.5. The smallest absolute Gasteiger partial charge is 0.213 e. The van der Waals surface area contributed by atoms with E-state index in [1.165, 1.54) is 0 Å². The third-order valence-corrected chi connectivity index (χ3v) is 3.03. The zero-order valence-electron chi connectivity index (χ0n) is 12.5. The molecule has 112 valence electrons. The maximum absolute atomic E-state index is 9.83. The van der Waals surface area contributed by atoms with E-state index in [2.05, 4.69) is 10.3 Å². The topological polar surface area (TPSA) is 54.4 Å². The molecule has 0 aliphatic carbocycles. The van der Waals surface area contributed by atoms with Crippen LogP contribution < -0.4 is 10.1 Å². The van der Waals surface area contributed by atoms with E-state index in [0.29, 0.717) is 18.5 Å². The lowest BCUT2D eigenvalue weighted by Gasteiger charge is -2.14. The molecule has 0 fully saturated rings. The van der Waals surface area contributed by atoms with Gasteiger partial charge in [-0.3, -0.25) is 0 Å². The van der Waals surface area contributed by atoms with E-state index in [1.54, 1.807) is 6.20 Å². The van der Waals surface area contributed by atoms with Crippen molar-refractivity contribution < 1.29 is 9.84 Å². The van der Waals surface area contributed by atoms with Crippen LogP contribution in [0.2, 0.25) is 0 Å². The lowest BCUT2D eigenvalue weighted by Crippen LogP contribution is -2.35. The number of hydrogen-bond acceptors (Lipinski definition) is 4. The molecule has 2 rings (SSSR count). The Hall–Kier alpha value is -1.91. The van der Waals surface area contributed by atoms with Crippen molar-refractivity contribution in [1.29, 1.82) is 0 Å². The van der Waals surface area contributed by atoms with Crippen LogP contribution in [0, 0.1) is 0 Å². The molecule has 2 N–H and O–H groups in total. The van der Waals surface area contributed by atoms with Crippen molar-refractivity contribution >= 4 is 0 Å². The first-order chi connectivity index (χ1) is 10.1. The summed E-state index contributed by atoms with van der Waals surface area (Å²) in [6.07, 6.45) is 1.17. The highest BCUT2D eigenvalue weighted by Gasteiger charge is 2.07. The number of benzene rings is 1. The number of aliphatic hydroxyl groups is 1. The minimum absolute atomic E-state index is 0.227. The van der Waals surface area contributed by atoms with Gasteiger partial charge in [0.1, 0.15) is 12.7 Å². The van der Waals surface area contributed by atoms with Gasteiger partial charge in [0.25, 0.3) is 0 Å². The first-order valence-corrected chi connectivity index (χ1v) is 7.21. The summed E-state index contributed by atoms with van der Waals surface area (Å²) in [7, 11) is 0. The molecule has 1 unspecified atom stereocenters. The van der Waals surface area contributed by atoms with Crippen LogP contribution in [0.5, 0.6) is 5.88 Å². The Morgan fingerprint density at radius 2 is 1.90 bits per heavy atom. The summed E-state index contributed by atoms with van der Waals surface area (Å²) in [5.41, 5.74) is 2.17. The van der Waals surface area contributed by atoms with Crippen LogP contribution >= 0.6 is 0 Å². The summed E-state index contributed by atoms with van der Waals surface area (Å²) in [5.74, 6) is 0.528. The van der Waals surface area contributed by atoms with Crippen LogP contribution in [0.15, 0.2) is 48.7 Å². The number of hydrogen-bond donors (Lipinski definition) is 2. The number of aliphatic hydroxyl groups excluding tert-OH is 1. The SMILES string of the molecule is CC(C)NCC(O)COc1cc(-c2ccccc2)ccn1. The quantitative estimate of drug-likeness (QED) is 0.821. The average Bonchev–Trinajstić information content (AvgIpc) is 2.52. The average molecular weight is 286 g/mol. The molecule has 4 nitrogen and oxygen atoms in total. The zero-order chi connectivity index (χ0) is 15.1. The Kier molecular flexibility index (Phi) is 5.72. The minimum atomic E-state index is -0.547. The third kappa shape index (κ3) is 5.17. The van der Waals surface area contributed by atoms with E-state index >= 15 is 0 Å². The van der Waals surface area contributed by atoms with Gasteiger partial charge in [-0.25, -0.2) is 4.98 Å². The van der Waals surface area contributed by atoms with E-state index in [1.807, 2.05) is 56.3 Å². The molecule has 0 radical (unpaired) electrons. The van der Waals surface area contributed by atoms with Crippen LogP contribution in [0.1, 0.15) is 13.8 Å². The first kappa shape index (κ1) is 15.5. The molecule has 1 aromatic heterocycles. The molecule has 0 saturated heterocycles. The highest BCUT2D eigenvalue weighted by atomic mass is 16.5. The molecular formula is C17H22N2O2. The predicted octanol–water partition coefficient (Wildman–Crippen LogP) is 2.49. The van der Waals surface area contributed by atoms with Gasteiger partial charge in [0.2, 0.25) is 5.88 Å². The molecule has 0 spiro atoms. The maximum atomic E-state index is 9.83. The Morgan fingerprint density at radius 1 is 1.14 bits per heavy atom. The summed E-state index contributed by atoms with van der Waals surface area (Å²) in [6, 6.07) is 14.2.